The van der Waals surface area contributed by atoms with Crippen molar-refractivity contribution in [3.63, 3.8) is 0 Å². The zero-order valence-electron chi connectivity index (χ0n) is 14.6. The Morgan fingerprint density at radius 1 is 0.783 bits per heavy atom. The van der Waals surface area contributed by atoms with Gasteiger partial charge in [0.05, 0.1) is 0 Å². The number of rotatable bonds is 5. The average Bonchev–Trinajstić information content (AvgIpc) is 2.57. The van der Waals surface area contributed by atoms with Crippen molar-refractivity contribution in [3.8, 4) is 0 Å². The Kier molecular flexibility index (Phi) is 10.1. The second kappa shape index (κ2) is 11.2. The molecule has 3 heteroatoms. The van der Waals surface area contributed by atoms with Crippen molar-refractivity contribution in [3.05, 3.63) is 71.8 Å². The molecule has 1 aliphatic rings. The molecule has 1 aliphatic carbocycles. The fraction of sp³-hybridized carbons (Fsp3) is 0.400. The van der Waals surface area contributed by atoms with Gasteiger partial charge in [0.25, 0.3) is 0 Å². The third-order valence-electron chi connectivity index (χ3n) is 4.38. The van der Waals surface area contributed by atoms with E-state index in [1.165, 1.54) is 43.2 Å². The van der Waals surface area contributed by atoms with Crippen LogP contribution in [-0.2, 0) is 13.1 Å². The standard InChI is InChI=1S/C20H23N.2Li/c1-4-10-18(11-5-1)16-21(20-14-8-3-9-15-20)17-19-12-6-2-7-13-19;;/h1-2,4-7,10,12,20H,3,8-9,14-17H2;;/q-2;2*+1. The van der Waals surface area contributed by atoms with Gasteiger partial charge < -0.3 is 0 Å². The van der Waals surface area contributed by atoms with Gasteiger partial charge >= 0.3 is 37.7 Å². The molecule has 23 heavy (non-hydrogen) atoms. The molecule has 0 spiro atoms. The maximum atomic E-state index is 3.37. The quantitative estimate of drug-likeness (QED) is 0.485. The minimum atomic E-state index is 0. The van der Waals surface area contributed by atoms with Gasteiger partial charge in [0.2, 0.25) is 0 Å². The molecule has 0 N–H and O–H groups in total. The van der Waals surface area contributed by atoms with Gasteiger partial charge in [0.1, 0.15) is 0 Å². The van der Waals surface area contributed by atoms with Crippen molar-refractivity contribution < 1.29 is 37.7 Å². The average molecular weight is 291 g/mol. The summed E-state index contributed by atoms with van der Waals surface area (Å²) in [5.74, 6) is 0. The fourth-order valence-electron chi connectivity index (χ4n) is 3.26. The number of nitrogens with zero attached hydrogens (tertiary/aromatic N) is 1. The zero-order valence-corrected chi connectivity index (χ0v) is 14.6. The van der Waals surface area contributed by atoms with E-state index in [9.17, 15) is 0 Å². The van der Waals surface area contributed by atoms with E-state index in [4.69, 9.17) is 0 Å². The zero-order chi connectivity index (χ0) is 14.3. The van der Waals surface area contributed by atoms with Gasteiger partial charge in [0.15, 0.2) is 0 Å². The minimum Gasteiger partial charge on any atom is -0.296 e. The fourth-order valence-corrected chi connectivity index (χ4v) is 3.26. The third kappa shape index (κ3) is 6.54. The molecule has 0 atom stereocenters. The SMILES string of the molecule is [Li+].[Li+].[c-]1ccccc1CN(Cc1[c-]cccc1)C1CCCCC1. The summed E-state index contributed by atoms with van der Waals surface area (Å²) in [6, 6.07) is 24.2. The molecule has 2 aromatic rings. The maximum Gasteiger partial charge on any atom is 1.00 e. The summed E-state index contributed by atoms with van der Waals surface area (Å²) in [5.41, 5.74) is 2.58. The van der Waals surface area contributed by atoms with Gasteiger partial charge in [-0.15, -0.1) is 11.1 Å². The molecule has 0 saturated heterocycles. The molecule has 3 rings (SSSR count). The second-order valence-corrected chi connectivity index (χ2v) is 5.97. The molecule has 0 bridgehead atoms. The molecular weight excluding hydrogens is 268 g/mol. The van der Waals surface area contributed by atoms with Crippen LogP contribution in [0, 0.1) is 12.1 Å². The predicted molar refractivity (Wildman–Crippen MR) is 86.7 cm³/mol. The van der Waals surface area contributed by atoms with Crippen LogP contribution in [0.1, 0.15) is 43.2 Å². The van der Waals surface area contributed by atoms with Gasteiger partial charge in [-0.2, -0.15) is 60.7 Å². The van der Waals surface area contributed by atoms with Crippen molar-refractivity contribution in [1.82, 2.24) is 4.90 Å². The monoisotopic (exact) mass is 291 g/mol. The smallest absolute Gasteiger partial charge is 0.296 e. The van der Waals surface area contributed by atoms with Crippen molar-refractivity contribution in [2.75, 3.05) is 0 Å². The molecule has 1 saturated carbocycles. The molecule has 1 nitrogen and oxygen atoms in total. The van der Waals surface area contributed by atoms with Crippen molar-refractivity contribution >= 4 is 0 Å². The van der Waals surface area contributed by atoms with E-state index in [1.807, 2.05) is 24.3 Å². The third-order valence-corrected chi connectivity index (χ3v) is 4.38. The summed E-state index contributed by atoms with van der Waals surface area (Å²) < 4.78 is 0. The first-order valence-corrected chi connectivity index (χ1v) is 8.07. The largest absolute Gasteiger partial charge is 1.00 e. The van der Waals surface area contributed by atoms with Crippen molar-refractivity contribution in [2.24, 2.45) is 0 Å². The molecule has 0 amide bonds. The molecule has 0 heterocycles. The predicted octanol–water partition coefficient (Wildman–Crippen LogP) is -1.37. The van der Waals surface area contributed by atoms with Gasteiger partial charge in [-0.25, -0.2) is 0 Å². The molecule has 1 fully saturated rings. The van der Waals surface area contributed by atoms with Gasteiger partial charge in [0, 0.05) is 19.1 Å². The Morgan fingerprint density at radius 2 is 1.30 bits per heavy atom. The Hall–Kier alpha value is -0.405. The van der Waals surface area contributed by atoms with Crippen LogP contribution in [0.3, 0.4) is 0 Å². The Morgan fingerprint density at radius 3 is 1.74 bits per heavy atom. The summed E-state index contributed by atoms with van der Waals surface area (Å²) in [6.07, 6.45) is 6.81. The Bertz CT molecular complexity index is 482. The van der Waals surface area contributed by atoms with E-state index in [-0.39, 0.29) is 37.7 Å². The summed E-state index contributed by atoms with van der Waals surface area (Å²) >= 11 is 0. The van der Waals surface area contributed by atoms with Gasteiger partial charge in [-0.1, -0.05) is 19.3 Å². The van der Waals surface area contributed by atoms with Crippen LogP contribution >= 0.6 is 0 Å². The molecule has 0 aromatic heterocycles. The van der Waals surface area contributed by atoms with Crippen LogP contribution in [0.5, 0.6) is 0 Å². The molecule has 110 valence electrons. The van der Waals surface area contributed by atoms with Crippen molar-refractivity contribution in [2.45, 2.75) is 51.2 Å². The molecular formula is C20H23Li2N. The normalized spacial score (nSPS) is 14.8. The van der Waals surface area contributed by atoms with E-state index in [0.29, 0.717) is 6.04 Å². The Balaban J connectivity index is 0.00000132. The number of hydrogen-bond donors (Lipinski definition) is 0. The second-order valence-electron chi connectivity index (χ2n) is 5.97. The first-order chi connectivity index (χ1) is 10.4. The Labute approximate surface area is 165 Å². The van der Waals surface area contributed by atoms with Crippen LogP contribution in [0.15, 0.2) is 48.5 Å². The minimum absolute atomic E-state index is 0. The van der Waals surface area contributed by atoms with Crippen LogP contribution in [-0.4, -0.2) is 10.9 Å². The van der Waals surface area contributed by atoms with Gasteiger partial charge in [-0.3, -0.25) is 4.90 Å². The maximum absolute atomic E-state index is 3.37. The van der Waals surface area contributed by atoms with E-state index in [1.54, 1.807) is 0 Å². The van der Waals surface area contributed by atoms with Crippen molar-refractivity contribution in [1.29, 1.82) is 0 Å². The summed E-state index contributed by atoms with van der Waals surface area (Å²) in [5, 5.41) is 0. The molecule has 2 aromatic carbocycles. The van der Waals surface area contributed by atoms with Crippen LogP contribution in [0.25, 0.3) is 0 Å². The number of hydrogen-bond acceptors (Lipinski definition) is 1. The summed E-state index contributed by atoms with van der Waals surface area (Å²) in [7, 11) is 0. The molecule has 0 radical (unpaired) electrons. The van der Waals surface area contributed by atoms with E-state index < -0.39 is 0 Å². The van der Waals surface area contributed by atoms with Crippen LogP contribution < -0.4 is 37.7 Å². The van der Waals surface area contributed by atoms with Gasteiger partial charge in [-0.05, 0) is 12.8 Å². The van der Waals surface area contributed by atoms with Crippen LogP contribution in [0.2, 0.25) is 0 Å². The van der Waals surface area contributed by atoms with Crippen LogP contribution in [0.4, 0.5) is 0 Å². The van der Waals surface area contributed by atoms with E-state index >= 15 is 0 Å². The summed E-state index contributed by atoms with van der Waals surface area (Å²) in [4.78, 5) is 2.62. The topological polar surface area (TPSA) is 3.24 Å². The molecule has 0 unspecified atom stereocenters. The summed E-state index contributed by atoms with van der Waals surface area (Å²) in [6.45, 7) is 1.99. The first kappa shape index (κ1) is 20.6. The molecule has 0 aliphatic heterocycles. The first-order valence-electron chi connectivity index (χ1n) is 8.07. The van der Waals surface area contributed by atoms with E-state index in [0.717, 1.165) is 13.1 Å². The number of benzene rings is 2. The van der Waals surface area contributed by atoms with E-state index in [2.05, 4.69) is 41.3 Å².